The maximum absolute atomic E-state index is 12.5. The highest BCUT2D eigenvalue weighted by Gasteiger charge is 2.31. The Balaban J connectivity index is 1.68. The lowest BCUT2D eigenvalue weighted by Gasteiger charge is -2.21. The van der Waals surface area contributed by atoms with Crippen LogP contribution in [0.2, 0.25) is 0 Å². The lowest BCUT2D eigenvalue weighted by molar-refractivity contribution is 0.0888. The molecule has 2 aromatic rings. The molecule has 0 radical (unpaired) electrons. The predicted octanol–water partition coefficient (Wildman–Crippen LogP) is 1.73. The molecule has 0 bridgehead atoms. The zero-order valence-corrected chi connectivity index (χ0v) is 13.7. The SMILES string of the molecule is Cc1cc(C#N)cnc1C(=O)N[C@H]1CCC[C@H]1Oc1cnn(C)c1. The van der Waals surface area contributed by atoms with E-state index in [2.05, 4.69) is 15.4 Å². The number of aryl methyl sites for hydroxylation is 2. The molecular formula is C17H19N5O2. The molecule has 1 aliphatic rings. The average Bonchev–Trinajstić information content (AvgIpc) is 3.16. The van der Waals surface area contributed by atoms with E-state index in [4.69, 9.17) is 10.00 Å². The quantitative estimate of drug-likeness (QED) is 0.924. The first-order chi connectivity index (χ1) is 11.6. The van der Waals surface area contributed by atoms with Gasteiger partial charge in [0, 0.05) is 13.2 Å². The van der Waals surface area contributed by atoms with Crippen molar-refractivity contribution < 1.29 is 9.53 Å². The van der Waals surface area contributed by atoms with Gasteiger partial charge in [0.2, 0.25) is 0 Å². The molecule has 0 spiro atoms. The Morgan fingerprint density at radius 1 is 1.46 bits per heavy atom. The number of nitriles is 1. The van der Waals surface area contributed by atoms with Gasteiger partial charge in [-0.1, -0.05) is 0 Å². The molecule has 7 heteroatoms. The fraction of sp³-hybridized carbons (Fsp3) is 0.412. The third kappa shape index (κ3) is 3.38. The van der Waals surface area contributed by atoms with Gasteiger partial charge < -0.3 is 10.1 Å². The van der Waals surface area contributed by atoms with Gasteiger partial charge in [-0.15, -0.1) is 0 Å². The summed E-state index contributed by atoms with van der Waals surface area (Å²) < 4.78 is 7.63. The van der Waals surface area contributed by atoms with E-state index in [-0.39, 0.29) is 18.1 Å². The highest BCUT2D eigenvalue weighted by molar-refractivity contribution is 5.94. The first-order valence-electron chi connectivity index (χ1n) is 7.89. The minimum atomic E-state index is -0.233. The summed E-state index contributed by atoms with van der Waals surface area (Å²) in [6, 6.07) is 3.63. The average molecular weight is 325 g/mol. The van der Waals surface area contributed by atoms with Crippen LogP contribution in [0.25, 0.3) is 0 Å². The second kappa shape index (κ2) is 6.71. The second-order valence-corrected chi connectivity index (χ2v) is 6.02. The monoisotopic (exact) mass is 325 g/mol. The summed E-state index contributed by atoms with van der Waals surface area (Å²) in [5.74, 6) is 0.472. The topological polar surface area (TPSA) is 92.8 Å². The Hall–Kier alpha value is -2.88. The van der Waals surface area contributed by atoms with E-state index in [0.29, 0.717) is 22.6 Å². The van der Waals surface area contributed by atoms with Crippen molar-refractivity contribution in [3.05, 3.63) is 41.5 Å². The number of amides is 1. The molecule has 3 rings (SSSR count). The lowest BCUT2D eigenvalue weighted by Crippen LogP contribution is -2.42. The van der Waals surface area contributed by atoms with Crippen molar-refractivity contribution in [3.63, 3.8) is 0 Å². The lowest BCUT2D eigenvalue weighted by atomic mass is 10.1. The van der Waals surface area contributed by atoms with E-state index >= 15 is 0 Å². The molecule has 24 heavy (non-hydrogen) atoms. The van der Waals surface area contributed by atoms with E-state index in [1.54, 1.807) is 23.9 Å². The van der Waals surface area contributed by atoms with Gasteiger partial charge in [0.15, 0.2) is 5.75 Å². The van der Waals surface area contributed by atoms with E-state index in [1.165, 1.54) is 6.20 Å². The van der Waals surface area contributed by atoms with Crippen LogP contribution >= 0.6 is 0 Å². The highest BCUT2D eigenvalue weighted by Crippen LogP contribution is 2.25. The van der Waals surface area contributed by atoms with E-state index in [1.807, 2.05) is 19.3 Å². The van der Waals surface area contributed by atoms with Gasteiger partial charge in [-0.3, -0.25) is 9.48 Å². The van der Waals surface area contributed by atoms with Crippen LogP contribution in [0, 0.1) is 18.3 Å². The summed E-state index contributed by atoms with van der Waals surface area (Å²) in [5.41, 5.74) is 1.48. The zero-order chi connectivity index (χ0) is 17.1. The van der Waals surface area contributed by atoms with Crippen LogP contribution in [0.4, 0.5) is 0 Å². The number of carbonyl (C=O) groups is 1. The van der Waals surface area contributed by atoms with Crippen molar-refractivity contribution in [2.75, 3.05) is 0 Å². The third-order valence-corrected chi connectivity index (χ3v) is 4.16. The van der Waals surface area contributed by atoms with Crippen LogP contribution < -0.4 is 10.1 Å². The van der Waals surface area contributed by atoms with Gasteiger partial charge in [0.1, 0.15) is 17.9 Å². The van der Waals surface area contributed by atoms with Crippen LogP contribution in [-0.2, 0) is 7.05 Å². The summed E-state index contributed by atoms with van der Waals surface area (Å²) in [6.07, 6.45) is 7.57. The molecule has 0 aromatic carbocycles. The molecular weight excluding hydrogens is 306 g/mol. The predicted molar refractivity (Wildman–Crippen MR) is 86.4 cm³/mol. The van der Waals surface area contributed by atoms with E-state index in [9.17, 15) is 4.79 Å². The maximum atomic E-state index is 12.5. The van der Waals surface area contributed by atoms with Crippen molar-refractivity contribution in [1.82, 2.24) is 20.1 Å². The number of hydrogen-bond acceptors (Lipinski definition) is 5. The fourth-order valence-corrected chi connectivity index (χ4v) is 2.98. The van der Waals surface area contributed by atoms with Crippen molar-refractivity contribution in [1.29, 1.82) is 5.26 Å². The molecule has 1 aliphatic carbocycles. The summed E-state index contributed by atoms with van der Waals surface area (Å²) in [4.78, 5) is 16.6. The fourth-order valence-electron chi connectivity index (χ4n) is 2.98. The van der Waals surface area contributed by atoms with Gasteiger partial charge in [0.25, 0.3) is 5.91 Å². The molecule has 124 valence electrons. The van der Waals surface area contributed by atoms with Crippen LogP contribution in [0.5, 0.6) is 5.75 Å². The summed E-state index contributed by atoms with van der Waals surface area (Å²) in [5, 5.41) is 16.0. The molecule has 1 N–H and O–H groups in total. The Morgan fingerprint density at radius 2 is 2.29 bits per heavy atom. The highest BCUT2D eigenvalue weighted by atomic mass is 16.5. The van der Waals surface area contributed by atoms with E-state index < -0.39 is 0 Å². The van der Waals surface area contributed by atoms with E-state index in [0.717, 1.165) is 19.3 Å². The Morgan fingerprint density at radius 3 is 2.96 bits per heavy atom. The molecule has 1 fully saturated rings. The van der Waals surface area contributed by atoms with Gasteiger partial charge in [-0.05, 0) is 37.8 Å². The minimum absolute atomic E-state index is 0.0606. The standard InChI is InChI=1S/C17H19N5O2/c1-11-6-12(7-18)8-19-16(11)17(23)21-14-4-3-5-15(14)24-13-9-20-22(2)10-13/h6,8-10,14-15H,3-5H2,1-2H3,(H,21,23)/t14-,15+/m0/s1. The van der Waals surface area contributed by atoms with Crippen LogP contribution in [-0.4, -0.2) is 32.8 Å². The number of carbonyl (C=O) groups excluding carboxylic acids is 1. The Kier molecular flexibility index (Phi) is 4.47. The van der Waals surface area contributed by atoms with Crippen LogP contribution in [0.15, 0.2) is 24.7 Å². The minimum Gasteiger partial charge on any atom is -0.485 e. The van der Waals surface area contributed by atoms with Crippen molar-refractivity contribution in [2.45, 2.75) is 38.3 Å². The maximum Gasteiger partial charge on any atom is 0.270 e. The second-order valence-electron chi connectivity index (χ2n) is 6.02. The smallest absolute Gasteiger partial charge is 0.270 e. The largest absolute Gasteiger partial charge is 0.485 e. The van der Waals surface area contributed by atoms with Crippen molar-refractivity contribution in [2.24, 2.45) is 7.05 Å². The van der Waals surface area contributed by atoms with Crippen LogP contribution in [0.1, 0.15) is 40.9 Å². The molecule has 2 aromatic heterocycles. The van der Waals surface area contributed by atoms with Crippen LogP contribution in [0.3, 0.4) is 0 Å². The normalized spacial score (nSPS) is 19.7. The number of ether oxygens (including phenoxy) is 1. The Labute approximate surface area is 140 Å². The number of pyridine rings is 1. The van der Waals surface area contributed by atoms with Gasteiger partial charge in [-0.25, -0.2) is 4.98 Å². The number of aromatic nitrogens is 3. The molecule has 2 heterocycles. The number of nitrogens with one attached hydrogen (secondary N) is 1. The van der Waals surface area contributed by atoms with Crippen molar-refractivity contribution in [3.8, 4) is 11.8 Å². The molecule has 0 saturated heterocycles. The first-order valence-corrected chi connectivity index (χ1v) is 7.89. The summed E-state index contributed by atoms with van der Waals surface area (Å²) in [7, 11) is 1.83. The Bertz CT molecular complexity index is 793. The molecule has 0 aliphatic heterocycles. The molecule has 1 saturated carbocycles. The van der Waals surface area contributed by atoms with Gasteiger partial charge in [0.05, 0.1) is 24.0 Å². The third-order valence-electron chi connectivity index (χ3n) is 4.16. The zero-order valence-electron chi connectivity index (χ0n) is 13.7. The number of hydrogen-bond donors (Lipinski definition) is 1. The molecule has 1 amide bonds. The molecule has 7 nitrogen and oxygen atoms in total. The summed E-state index contributed by atoms with van der Waals surface area (Å²) >= 11 is 0. The summed E-state index contributed by atoms with van der Waals surface area (Å²) in [6.45, 7) is 1.78. The van der Waals surface area contributed by atoms with Gasteiger partial charge >= 0.3 is 0 Å². The van der Waals surface area contributed by atoms with Gasteiger partial charge in [-0.2, -0.15) is 10.4 Å². The van der Waals surface area contributed by atoms with Crippen molar-refractivity contribution >= 4 is 5.91 Å². The number of rotatable bonds is 4. The molecule has 2 atom stereocenters. The number of nitrogens with zero attached hydrogens (tertiary/aromatic N) is 4. The first kappa shape index (κ1) is 16.0. The molecule has 0 unspecified atom stereocenters.